The van der Waals surface area contributed by atoms with Gasteiger partial charge in [-0.1, -0.05) is 17.4 Å². The molecule has 0 bridgehead atoms. The number of morpholine rings is 1. The zero-order valence-electron chi connectivity index (χ0n) is 11.4. The Labute approximate surface area is 130 Å². The van der Waals surface area contributed by atoms with E-state index < -0.39 is 0 Å². The van der Waals surface area contributed by atoms with Gasteiger partial charge in [0.15, 0.2) is 5.13 Å². The number of carbonyl (C=O) groups is 1. The molecular weight excluding hydrogens is 306 g/mol. The number of amides is 1. The quantitative estimate of drug-likeness (QED) is 0.923. The minimum Gasteiger partial charge on any atom is -0.378 e. The molecular formula is C14H15N3O2S2. The summed E-state index contributed by atoms with van der Waals surface area (Å²) in [6.45, 7) is 3.21. The predicted octanol–water partition coefficient (Wildman–Crippen LogP) is 2.52. The molecule has 4 heterocycles. The van der Waals surface area contributed by atoms with Crippen LogP contribution in [0.3, 0.4) is 0 Å². The fourth-order valence-electron chi connectivity index (χ4n) is 2.72. The number of thiazole rings is 1. The summed E-state index contributed by atoms with van der Waals surface area (Å²) >= 11 is 3.41. The van der Waals surface area contributed by atoms with Crippen molar-refractivity contribution in [1.82, 2.24) is 4.98 Å². The molecule has 0 saturated carbocycles. The van der Waals surface area contributed by atoms with Crippen molar-refractivity contribution in [3.05, 3.63) is 27.3 Å². The minimum absolute atomic E-state index is 0.0553. The van der Waals surface area contributed by atoms with Crippen LogP contribution in [-0.2, 0) is 9.53 Å². The van der Waals surface area contributed by atoms with Crippen molar-refractivity contribution in [2.75, 3.05) is 36.5 Å². The van der Waals surface area contributed by atoms with Crippen LogP contribution < -0.4 is 10.2 Å². The molecule has 0 spiro atoms. The highest BCUT2D eigenvalue weighted by molar-refractivity contribution is 7.16. The Morgan fingerprint density at radius 2 is 2.24 bits per heavy atom. The summed E-state index contributed by atoms with van der Waals surface area (Å²) in [5.41, 5.74) is 0. The molecule has 2 aliphatic rings. The van der Waals surface area contributed by atoms with Crippen LogP contribution in [0.2, 0.25) is 0 Å². The topological polar surface area (TPSA) is 54.5 Å². The SMILES string of the molecule is O=C1C[C@@H](c2cccs2)c2sc(N3CCOCC3)nc2N1. The highest BCUT2D eigenvalue weighted by Gasteiger charge is 2.32. The third-order valence-corrected chi connectivity index (χ3v) is 5.99. The molecule has 2 aromatic rings. The highest BCUT2D eigenvalue weighted by Crippen LogP contribution is 2.44. The second-order valence-corrected chi connectivity index (χ2v) is 7.12. The fourth-order valence-corrected chi connectivity index (χ4v) is 4.82. The fraction of sp³-hybridized carbons (Fsp3) is 0.429. The molecule has 0 unspecified atom stereocenters. The maximum Gasteiger partial charge on any atom is 0.226 e. The maximum atomic E-state index is 11.9. The van der Waals surface area contributed by atoms with Gasteiger partial charge >= 0.3 is 0 Å². The second-order valence-electron chi connectivity index (χ2n) is 5.13. The normalized spacial score (nSPS) is 22.0. The number of anilines is 2. The van der Waals surface area contributed by atoms with Gasteiger partial charge in [-0.25, -0.2) is 4.98 Å². The smallest absolute Gasteiger partial charge is 0.226 e. The van der Waals surface area contributed by atoms with Crippen molar-refractivity contribution in [2.24, 2.45) is 0 Å². The summed E-state index contributed by atoms with van der Waals surface area (Å²) in [5.74, 6) is 0.955. The van der Waals surface area contributed by atoms with E-state index in [2.05, 4.69) is 26.6 Å². The first kappa shape index (κ1) is 13.2. The molecule has 1 N–H and O–H groups in total. The van der Waals surface area contributed by atoms with Crippen molar-refractivity contribution in [1.29, 1.82) is 0 Å². The van der Waals surface area contributed by atoms with E-state index in [9.17, 15) is 4.79 Å². The van der Waals surface area contributed by atoms with Crippen LogP contribution >= 0.6 is 22.7 Å². The summed E-state index contributed by atoms with van der Waals surface area (Å²) in [6, 6.07) is 4.14. The molecule has 0 aromatic carbocycles. The number of hydrogen-bond donors (Lipinski definition) is 1. The van der Waals surface area contributed by atoms with Gasteiger partial charge in [-0.15, -0.1) is 11.3 Å². The third-order valence-electron chi connectivity index (χ3n) is 3.77. The Hall–Kier alpha value is -1.44. The Kier molecular flexibility index (Phi) is 3.40. The molecule has 110 valence electrons. The Morgan fingerprint density at radius 3 is 3.00 bits per heavy atom. The van der Waals surface area contributed by atoms with Gasteiger partial charge in [-0.2, -0.15) is 0 Å². The molecule has 1 fully saturated rings. The monoisotopic (exact) mass is 321 g/mol. The van der Waals surface area contributed by atoms with E-state index in [0.717, 1.165) is 37.3 Å². The van der Waals surface area contributed by atoms with Crippen LogP contribution in [0.4, 0.5) is 10.9 Å². The summed E-state index contributed by atoms with van der Waals surface area (Å²) in [7, 11) is 0. The summed E-state index contributed by atoms with van der Waals surface area (Å²) < 4.78 is 5.39. The second kappa shape index (κ2) is 5.40. The minimum atomic E-state index is 0.0553. The predicted molar refractivity (Wildman–Crippen MR) is 84.6 cm³/mol. The molecule has 0 radical (unpaired) electrons. The van der Waals surface area contributed by atoms with Crippen LogP contribution in [0.5, 0.6) is 0 Å². The molecule has 1 saturated heterocycles. The zero-order chi connectivity index (χ0) is 14.2. The summed E-state index contributed by atoms with van der Waals surface area (Å²) in [4.78, 5) is 21.2. The first-order valence-corrected chi connectivity index (χ1v) is 8.67. The lowest BCUT2D eigenvalue weighted by Crippen LogP contribution is -2.36. The van der Waals surface area contributed by atoms with Crippen LogP contribution in [0.15, 0.2) is 17.5 Å². The number of carbonyl (C=O) groups excluding carboxylic acids is 1. The van der Waals surface area contributed by atoms with Crippen molar-refractivity contribution in [2.45, 2.75) is 12.3 Å². The Morgan fingerprint density at radius 1 is 1.38 bits per heavy atom. The number of aromatic nitrogens is 1. The number of nitrogens with one attached hydrogen (secondary N) is 1. The van der Waals surface area contributed by atoms with Gasteiger partial charge in [0.05, 0.1) is 18.1 Å². The zero-order valence-corrected chi connectivity index (χ0v) is 13.0. The lowest BCUT2D eigenvalue weighted by atomic mass is 9.98. The van der Waals surface area contributed by atoms with Gasteiger partial charge in [0.25, 0.3) is 0 Å². The van der Waals surface area contributed by atoms with E-state index in [1.165, 1.54) is 9.75 Å². The van der Waals surface area contributed by atoms with E-state index in [-0.39, 0.29) is 11.8 Å². The van der Waals surface area contributed by atoms with Gasteiger partial charge in [0, 0.05) is 30.3 Å². The standard InChI is InChI=1S/C14H15N3O2S2/c18-11-8-9(10-2-1-7-20-10)12-13(15-11)16-14(21-12)17-3-5-19-6-4-17/h1-2,7,9H,3-6,8H2,(H,15,18)/t9-/m0/s1. The van der Waals surface area contributed by atoms with E-state index >= 15 is 0 Å². The lowest BCUT2D eigenvalue weighted by Gasteiger charge is -2.25. The van der Waals surface area contributed by atoms with Gasteiger partial charge in [-0.3, -0.25) is 4.79 Å². The van der Waals surface area contributed by atoms with Crippen molar-refractivity contribution in [3.8, 4) is 0 Å². The largest absolute Gasteiger partial charge is 0.378 e. The number of hydrogen-bond acceptors (Lipinski definition) is 6. The lowest BCUT2D eigenvalue weighted by molar-refractivity contribution is -0.116. The van der Waals surface area contributed by atoms with Crippen molar-refractivity contribution >= 4 is 39.5 Å². The van der Waals surface area contributed by atoms with E-state index in [1.54, 1.807) is 22.7 Å². The van der Waals surface area contributed by atoms with Crippen LogP contribution in [0, 0.1) is 0 Å². The average molecular weight is 321 g/mol. The molecule has 4 rings (SSSR count). The van der Waals surface area contributed by atoms with E-state index in [0.29, 0.717) is 6.42 Å². The molecule has 0 aliphatic carbocycles. The number of fused-ring (bicyclic) bond motifs is 1. The molecule has 1 amide bonds. The summed E-state index contributed by atoms with van der Waals surface area (Å²) in [5, 5.41) is 5.97. The number of rotatable bonds is 2. The molecule has 2 aliphatic heterocycles. The number of ether oxygens (including phenoxy) is 1. The van der Waals surface area contributed by atoms with Crippen LogP contribution in [-0.4, -0.2) is 37.2 Å². The first-order chi connectivity index (χ1) is 10.3. The van der Waals surface area contributed by atoms with E-state index in [1.807, 2.05) is 6.07 Å². The van der Waals surface area contributed by atoms with Gasteiger partial charge in [0.1, 0.15) is 5.82 Å². The molecule has 1 atom stereocenters. The molecule has 5 nitrogen and oxygen atoms in total. The average Bonchev–Trinajstić information content (AvgIpc) is 3.16. The Balaban J connectivity index is 1.70. The van der Waals surface area contributed by atoms with Crippen LogP contribution in [0.25, 0.3) is 0 Å². The Bertz CT molecular complexity index is 647. The van der Waals surface area contributed by atoms with Crippen molar-refractivity contribution < 1.29 is 9.53 Å². The molecule has 7 heteroatoms. The molecule has 21 heavy (non-hydrogen) atoms. The highest BCUT2D eigenvalue weighted by atomic mass is 32.1. The maximum absolute atomic E-state index is 11.9. The molecule has 2 aromatic heterocycles. The number of thiophene rings is 1. The van der Waals surface area contributed by atoms with Gasteiger partial charge in [-0.05, 0) is 11.4 Å². The van der Waals surface area contributed by atoms with E-state index in [4.69, 9.17) is 4.74 Å². The van der Waals surface area contributed by atoms with Gasteiger partial charge < -0.3 is 15.0 Å². The number of nitrogens with zero attached hydrogens (tertiary/aromatic N) is 2. The third kappa shape index (κ3) is 2.45. The summed E-state index contributed by atoms with van der Waals surface area (Å²) in [6.07, 6.45) is 0.512. The van der Waals surface area contributed by atoms with Crippen LogP contribution in [0.1, 0.15) is 22.1 Å². The first-order valence-electron chi connectivity index (χ1n) is 6.98. The van der Waals surface area contributed by atoms with Gasteiger partial charge in [0.2, 0.25) is 5.91 Å². The van der Waals surface area contributed by atoms with Crippen molar-refractivity contribution in [3.63, 3.8) is 0 Å².